The highest BCUT2D eigenvalue weighted by Gasteiger charge is 2.16. The van der Waals surface area contributed by atoms with Crippen LogP contribution in [0.4, 0.5) is 0 Å². The fraction of sp³-hybridized carbons (Fsp3) is 0.250. The quantitative estimate of drug-likeness (QED) is 0.614. The molecule has 7 heteroatoms. The zero-order valence-electron chi connectivity index (χ0n) is 15.3. The lowest BCUT2D eigenvalue weighted by Crippen LogP contribution is -2.29. The molecule has 0 saturated carbocycles. The second kappa shape index (κ2) is 8.64. The summed E-state index contributed by atoms with van der Waals surface area (Å²) in [6.45, 7) is 2.50. The fourth-order valence-electron chi connectivity index (χ4n) is 2.95. The first-order valence-electron chi connectivity index (χ1n) is 8.68. The van der Waals surface area contributed by atoms with E-state index in [9.17, 15) is 4.79 Å². The summed E-state index contributed by atoms with van der Waals surface area (Å²) in [5, 5.41) is 10.0. The molecule has 0 fully saturated rings. The molecule has 1 aromatic heterocycles. The fourth-order valence-corrected chi connectivity index (χ4v) is 3.17. The number of H-pyrrole nitrogens is 1. The molecule has 140 valence electrons. The number of benzene rings is 2. The second-order valence-corrected chi connectivity index (χ2v) is 6.61. The van der Waals surface area contributed by atoms with Gasteiger partial charge in [0.05, 0.1) is 26.1 Å². The lowest BCUT2D eigenvalue weighted by atomic mass is 10.1. The highest BCUT2D eigenvalue weighted by atomic mass is 32.1. The van der Waals surface area contributed by atoms with E-state index in [1.54, 1.807) is 7.11 Å². The van der Waals surface area contributed by atoms with E-state index in [0.29, 0.717) is 17.1 Å². The minimum Gasteiger partial charge on any atom is -0.496 e. The lowest BCUT2D eigenvalue weighted by Gasteiger charge is -2.17. The summed E-state index contributed by atoms with van der Waals surface area (Å²) in [6, 6.07) is 17.4. The van der Waals surface area contributed by atoms with Crippen molar-refractivity contribution in [1.82, 2.24) is 20.1 Å². The number of nitrogens with zero attached hydrogens (tertiary/aromatic N) is 2. The molecular formula is C20H22N4O2S. The largest absolute Gasteiger partial charge is 0.496 e. The molecule has 1 amide bonds. The molecule has 0 aliphatic carbocycles. The topological polar surface area (TPSA) is 71.9 Å². The van der Waals surface area contributed by atoms with Crippen LogP contribution >= 0.6 is 12.2 Å². The van der Waals surface area contributed by atoms with Crippen LogP contribution in [0.1, 0.15) is 29.9 Å². The van der Waals surface area contributed by atoms with Crippen LogP contribution in [0.25, 0.3) is 0 Å². The van der Waals surface area contributed by atoms with Crippen LogP contribution < -0.4 is 10.1 Å². The molecule has 2 N–H and O–H groups in total. The van der Waals surface area contributed by atoms with Crippen molar-refractivity contribution in [2.24, 2.45) is 0 Å². The van der Waals surface area contributed by atoms with Gasteiger partial charge in [0, 0.05) is 5.56 Å². The first-order valence-corrected chi connectivity index (χ1v) is 9.09. The van der Waals surface area contributed by atoms with Crippen molar-refractivity contribution in [2.45, 2.75) is 25.9 Å². The summed E-state index contributed by atoms with van der Waals surface area (Å²) in [4.78, 5) is 12.6. The molecule has 0 bridgehead atoms. The van der Waals surface area contributed by atoms with Crippen LogP contribution in [0.2, 0.25) is 0 Å². The SMILES string of the molecule is COc1ccccc1[C@@H](C)NC(=O)Cc1n[nH]c(=S)n1Cc1ccccc1. The molecule has 0 spiro atoms. The molecule has 0 aliphatic rings. The number of ether oxygens (including phenoxy) is 1. The molecule has 0 aliphatic heterocycles. The molecular weight excluding hydrogens is 360 g/mol. The van der Waals surface area contributed by atoms with Gasteiger partial charge in [-0.25, -0.2) is 0 Å². The van der Waals surface area contributed by atoms with E-state index in [-0.39, 0.29) is 18.4 Å². The van der Waals surface area contributed by atoms with Crippen molar-refractivity contribution < 1.29 is 9.53 Å². The Labute approximate surface area is 163 Å². The molecule has 6 nitrogen and oxygen atoms in total. The summed E-state index contributed by atoms with van der Waals surface area (Å²) in [7, 11) is 1.62. The van der Waals surface area contributed by atoms with Gasteiger partial charge in [0.2, 0.25) is 5.91 Å². The average Bonchev–Trinajstić information content (AvgIpc) is 3.02. The Kier molecular flexibility index (Phi) is 6.03. The zero-order valence-corrected chi connectivity index (χ0v) is 16.1. The third-order valence-electron chi connectivity index (χ3n) is 4.32. The van der Waals surface area contributed by atoms with Crippen LogP contribution in [0, 0.1) is 4.77 Å². The third-order valence-corrected chi connectivity index (χ3v) is 4.63. The summed E-state index contributed by atoms with van der Waals surface area (Å²) in [6.07, 6.45) is 0.138. The minimum atomic E-state index is -0.182. The van der Waals surface area contributed by atoms with Gasteiger partial charge in [0.15, 0.2) is 4.77 Å². The van der Waals surface area contributed by atoms with E-state index in [1.165, 1.54) is 0 Å². The van der Waals surface area contributed by atoms with Gasteiger partial charge in [-0.05, 0) is 30.8 Å². The maximum absolute atomic E-state index is 12.6. The summed E-state index contributed by atoms with van der Waals surface area (Å²) >= 11 is 5.32. The van der Waals surface area contributed by atoms with Crippen LogP contribution in [-0.2, 0) is 17.8 Å². The number of carbonyl (C=O) groups excluding carboxylic acids is 1. The van der Waals surface area contributed by atoms with E-state index in [2.05, 4.69) is 15.5 Å². The van der Waals surface area contributed by atoms with Gasteiger partial charge < -0.3 is 10.1 Å². The van der Waals surface area contributed by atoms with Crippen LogP contribution in [0.5, 0.6) is 5.75 Å². The smallest absolute Gasteiger partial charge is 0.228 e. The molecule has 1 atom stereocenters. The molecule has 1 heterocycles. The van der Waals surface area contributed by atoms with Crippen molar-refractivity contribution in [3.8, 4) is 5.75 Å². The number of hydrogen-bond donors (Lipinski definition) is 2. The highest BCUT2D eigenvalue weighted by molar-refractivity contribution is 7.71. The van der Waals surface area contributed by atoms with Crippen molar-refractivity contribution in [2.75, 3.05) is 7.11 Å². The monoisotopic (exact) mass is 382 g/mol. The van der Waals surface area contributed by atoms with Crippen LogP contribution in [0.3, 0.4) is 0 Å². The Bertz CT molecular complexity index is 965. The van der Waals surface area contributed by atoms with E-state index in [1.807, 2.05) is 66.1 Å². The van der Waals surface area contributed by atoms with Crippen molar-refractivity contribution in [1.29, 1.82) is 0 Å². The Hall–Kier alpha value is -2.93. The van der Waals surface area contributed by atoms with Gasteiger partial charge in [-0.1, -0.05) is 48.5 Å². The molecule has 0 saturated heterocycles. The maximum Gasteiger partial charge on any atom is 0.228 e. The predicted octanol–water partition coefficient (Wildman–Crippen LogP) is 3.42. The Morgan fingerprint density at radius 2 is 1.93 bits per heavy atom. The van der Waals surface area contributed by atoms with Gasteiger partial charge >= 0.3 is 0 Å². The summed E-state index contributed by atoms with van der Waals surface area (Å²) in [5.41, 5.74) is 2.02. The number of aromatic nitrogens is 3. The Balaban J connectivity index is 1.70. The number of rotatable bonds is 7. The summed E-state index contributed by atoms with van der Waals surface area (Å²) < 4.78 is 7.71. The highest BCUT2D eigenvalue weighted by Crippen LogP contribution is 2.24. The first kappa shape index (κ1) is 18.8. The molecule has 3 aromatic rings. The van der Waals surface area contributed by atoms with E-state index >= 15 is 0 Å². The number of methoxy groups -OCH3 is 1. The van der Waals surface area contributed by atoms with Gasteiger partial charge in [0.1, 0.15) is 11.6 Å². The minimum absolute atomic E-state index is 0.128. The van der Waals surface area contributed by atoms with Crippen molar-refractivity contribution in [3.63, 3.8) is 0 Å². The number of nitrogens with one attached hydrogen (secondary N) is 2. The Morgan fingerprint density at radius 1 is 1.22 bits per heavy atom. The maximum atomic E-state index is 12.6. The number of aromatic amines is 1. The standard InChI is InChI=1S/C20H22N4O2S/c1-14(16-10-6-7-11-17(16)26-2)21-19(25)12-18-22-23-20(27)24(18)13-15-8-4-3-5-9-15/h3-11,14H,12-13H2,1-2H3,(H,21,25)(H,23,27)/t14-/m1/s1. The normalized spacial score (nSPS) is 11.8. The number of para-hydroxylation sites is 1. The van der Waals surface area contributed by atoms with Crippen molar-refractivity contribution in [3.05, 3.63) is 76.3 Å². The molecule has 0 radical (unpaired) electrons. The van der Waals surface area contributed by atoms with Crippen molar-refractivity contribution >= 4 is 18.1 Å². The first-order chi connectivity index (χ1) is 13.1. The van der Waals surface area contributed by atoms with E-state index in [0.717, 1.165) is 16.9 Å². The molecule has 27 heavy (non-hydrogen) atoms. The zero-order chi connectivity index (χ0) is 19.2. The lowest BCUT2D eigenvalue weighted by molar-refractivity contribution is -0.121. The van der Waals surface area contributed by atoms with Gasteiger partial charge in [-0.2, -0.15) is 5.10 Å². The number of carbonyl (C=O) groups is 1. The molecule has 0 unspecified atom stereocenters. The van der Waals surface area contributed by atoms with Crippen LogP contribution in [0.15, 0.2) is 54.6 Å². The second-order valence-electron chi connectivity index (χ2n) is 6.22. The number of amides is 1. The summed E-state index contributed by atoms with van der Waals surface area (Å²) in [5.74, 6) is 1.22. The van der Waals surface area contributed by atoms with E-state index < -0.39 is 0 Å². The Morgan fingerprint density at radius 3 is 2.67 bits per heavy atom. The van der Waals surface area contributed by atoms with Gasteiger partial charge in [-0.15, -0.1) is 0 Å². The molecule has 3 rings (SSSR count). The van der Waals surface area contributed by atoms with Gasteiger partial charge in [-0.3, -0.25) is 14.5 Å². The third kappa shape index (κ3) is 4.62. The van der Waals surface area contributed by atoms with Gasteiger partial charge in [0.25, 0.3) is 0 Å². The van der Waals surface area contributed by atoms with Crippen LogP contribution in [-0.4, -0.2) is 27.8 Å². The predicted molar refractivity (Wildman–Crippen MR) is 106 cm³/mol. The number of hydrogen-bond acceptors (Lipinski definition) is 4. The molecule has 2 aromatic carbocycles. The average molecular weight is 382 g/mol. The van der Waals surface area contributed by atoms with E-state index in [4.69, 9.17) is 17.0 Å².